The molecule has 4 aromatic rings. The minimum Gasteiger partial charge on any atom is -0.478 e. The second-order valence-electron chi connectivity index (χ2n) is 5.57. The van der Waals surface area contributed by atoms with Crippen molar-refractivity contribution in [1.82, 2.24) is 19.9 Å². The SMILES string of the molecule is O=C(O)c1ccc(SSc2ccc(C(=O)O)c3cncnc23)c2ncncc12. The van der Waals surface area contributed by atoms with Gasteiger partial charge in [0, 0.05) is 33.0 Å². The predicted molar refractivity (Wildman–Crippen MR) is 105 cm³/mol. The van der Waals surface area contributed by atoms with Gasteiger partial charge in [0.25, 0.3) is 0 Å². The highest BCUT2D eigenvalue weighted by Gasteiger charge is 2.16. The van der Waals surface area contributed by atoms with Crippen LogP contribution in [0.5, 0.6) is 0 Å². The van der Waals surface area contributed by atoms with Crippen LogP contribution in [0.25, 0.3) is 21.8 Å². The van der Waals surface area contributed by atoms with Crippen LogP contribution >= 0.6 is 21.6 Å². The molecular weight excluding hydrogens is 400 g/mol. The van der Waals surface area contributed by atoms with Gasteiger partial charge in [-0.25, -0.2) is 29.5 Å². The van der Waals surface area contributed by atoms with E-state index in [0.29, 0.717) is 21.8 Å². The van der Waals surface area contributed by atoms with Crippen molar-refractivity contribution < 1.29 is 19.8 Å². The molecule has 0 aliphatic rings. The Hall–Kier alpha value is -3.24. The van der Waals surface area contributed by atoms with Crippen LogP contribution in [0.15, 0.2) is 59.1 Å². The molecular formula is C18H10N4O4S2. The molecule has 2 heterocycles. The number of carboxylic acids is 2. The predicted octanol–water partition coefficient (Wildman–Crippen LogP) is 3.77. The van der Waals surface area contributed by atoms with E-state index < -0.39 is 11.9 Å². The van der Waals surface area contributed by atoms with Crippen molar-refractivity contribution in [2.24, 2.45) is 0 Å². The molecule has 0 aliphatic heterocycles. The average Bonchev–Trinajstić information content (AvgIpc) is 2.71. The van der Waals surface area contributed by atoms with E-state index >= 15 is 0 Å². The van der Waals surface area contributed by atoms with E-state index in [0.717, 1.165) is 9.79 Å². The first kappa shape index (κ1) is 18.1. The molecule has 2 aromatic heterocycles. The van der Waals surface area contributed by atoms with Gasteiger partial charge < -0.3 is 10.2 Å². The van der Waals surface area contributed by atoms with E-state index in [9.17, 15) is 19.8 Å². The van der Waals surface area contributed by atoms with Crippen LogP contribution in [0.3, 0.4) is 0 Å². The number of nitrogens with zero attached hydrogens (tertiary/aromatic N) is 4. The monoisotopic (exact) mass is 410 g/mol. The molecule has 8 nitrogen and oxygen atoms in total. The van der Waals surface area contributed by atoms with Crippen LogP contribution < -0.4 is 0 Å². The molecule has 0 aliphatic carbocycles. The van der Waals surface area contributed by atoms with Gasteiger partial charge in [-0.3, -0.25) is 0 Å². The maximum atomic E-state index is 11.4. The summed E-state index contributed by atoms with van der Waals surface area (Å²) in [5.74, 6) is -2.09. The van der Waals surface area contributed by atoms with Crippen LogP contribution in [-0.4, -0.2) is 42.1 Å². The quantitative estimate of drug-likeness (QED) is 0.469. The van der Waals surface area contributed by atoms with E-state index in [-0.39, 0.29) is 11.1 Å². The van der Waals surface area contributed by atoms with Crippen LogP contribution in [0.1, 0.15) is 20.7 Å². The zero-order valence-electron chi connectivity index (χ0n) is 13.9. The molecule has 4 rings (SSSR count). The molecule has 0 spiro atoms. The lowest BCUT2D eigenvalue weighted by atomic mass is 10.1. The number of rotatable bonds is 5. The Labute approximate surface area is 165 Å². The van der Waals surface area contributed by atoms with Crippen molar-refractivity contribution in [3.05, 3.63) is 60.4 Å². The lowest BCUT2D eigenvalue weighted by Gasteiger charge is -2.09. The molecule has 28 heavy (non-hydrogen) atoms. The molecule has 0 unspecified atom stereocenters. The van der Waals surface area contributed by atoms with Gasteiger partial charge >= 0.3 is 11.9 Å². The summed E-state index contributed by atoms with van der Waals surface area (Å²) >= 11 is 0. The number of benzene rings is 2. The fourth-order valence-electron chi connectivity index (χ4n) is 2.70. The summed E-state index contributed by atoms with van der Waals surface area (Å²) < 4.78 is 0. The summed E-state index contributed by atoms with van der Waals surface area (Å²) in [6.45, 7) is 0. The largest absolute Gasteiger partial charge is 0.478 e. The third kappa shape index (κ3) is 3.23. The van der Waals surface area contributed by atoms with Crippen molar-refractivity contribution in [3.8, 4) is 0 Å². The molecule has 0 saturated carbocycles. The molecule has 10 heteroatoms. The molecule has 0 saturated heterocycles. The number of carboxylic acid groups (broad SMARTS) is 2. The van der Waals surface area contributed by atoms with Gasteiger partial charge in [-0.15, -0.1) is 0 Å². The standard InChI is InChI=1S/C18H10N4O4S2/c23-17(24)9-1-3-13(15-11(9)5-19-7-21-15)27-28-14-4-2-10(18(25)26)12-6-20-8-22-16(12)14/h1-8H,(H,23,24)(H,25,26). The first-order chi connectivity index (χ1) is 13.6. The van der Waals surface area contributed by atoms with Crippen molar-refractivity contribution >= 4 is 55.3 Å². The van der Waals surface area contributed by atoms with Crippen LogP contribution in [0.2, 0.25) is 0 Å². The third-order valence-corrected chi connectivity index (χ3v) is 6.39. The Morgan fingerprint density at radius 3 is 1.54 bits per heavy atom. The topological polar surface area (TPSA) is 126 Å². The molecule has 0 amide bonds. The maximum Gasteiger partial charge on any atom is 0.336 e. The van der Waals surface area contributed by atoms with E-state index in [1.165, 1.54) is 58.8 Å². The normalized spacial score (nSPS) is 11.0. The second kappa shape index (κ2) is 7.41. The lowest BCUT2D eigenvalue weighted by molar-refractivity contribution is 0.0688. The van der Waals surface area contributed by atoms with Crippen molar-refractivity contribution in [1.29, 1.82) is 0 Å². The summed E-state index contributed by atoms with van der Waals surface area (Å²) in [6, 6.07) is 6.42. The molecule has 2 N–H and O–H groups in total. The van der Waals surface area contributed by atoms with Gasteiger partial charge in [0.2, 0.25) is 0 Å². The summed E-state index contributed by atoms with van der Waals surface area (Å²) in [5, 5.41) is 19.6. The van der Waals surface area contributed by atoms with Crippen LogP contribution in [0.4, 0.5) is 0 Å². The van der Waals surface area contributed by atoms with E-state index in [4.69, 9.17) is 0 Å². The first-order valence-corrected chi connectivity index (χ1v) is 9.98. The van der Waals surface area contributed by atoms with Gasteiger partial charge in [-0.1, -0.05) is 21.6 Å². The lowest BCUT2D eigenvalue weighted by Crippen LogP contribution is -1.99. The maximum absolute atomic E-state index is 11.4. The first-order valence-electron chi connectivity index (χ1n) is 7.83. The van der Waals surface area contributed by atoms with E-state index in [1.807, 2.05) is 0 Å². The van der Waals surface area contributed by atoms with Crippen molar-refractivity contribution in [2.75, 3.05) is 0 Å². The number of hydrogen-bond acceptors (Lipinski definition) is 8. The summed E-state index contributed by atoms with van der Waals surface area (Å²) in [5.41, 5.74) is 1.34. The highest BCUT2D eigenvalue weighted by atomic mass is 33.1. The van der Waals surface area contributed by atoms with Gasteiger partial charge in [-0.2, -0.15) is 0 Å². The Morgan fingerprint density at radius 1 is 0.714 bits per heavy atom. The van der Waals surface area contributed by atoms with Gasteiger partial charge in [0.05, 0.1) is 22.2 Å². The Morgan fingerprint density at radius 2 is 1.14 bits per heavy atom. The number of fused-ring (bicyclic) bond motifs is 2. The van der Waals surface area contributed by atoms with Crippen molar-refractivity contribution in [2.45, 2.75) is 9.79 Å². The Balaban J connectivity index is 1.73. The van der Waals surface area contributed by atoms with E-state index in [1.54, 1.807) is 12.1 Å². The number of carbonyl (C=O) groups is 2. The fraction of sp³-hybridized carbons (Fsp3) is 0. The number of hydrogen-bond donors (Lipinski definition) is 2. The summed E-state index contributed by atoms with van der Waals surface area (Å²) in [4.78, 5) is 40.6. The Kier molecular flexibility index (Phi) is 4.80. The molecule has 0 atom stereocenters. The summed E-state index contributed by atoms with van der Waals surface area (Å²) in [6.07, 6.45) is 5.69. The highest BCUT2D eigenvalue weighted by molar-refractivity contribution is 8.76. The van der Waals surface area contributed by atoms with E-state index in [2.05, 4.69) is 19.9 Å². The average molecular weight is 410 g/mol. The molecule has 0 bridgehead atoms. The summed E-state index contributed by atoms with van der Waals surface area (Å²) in [7, 11) is 2.76. The molecule has 138 valence electrons. The number of aromatic nitrogens is 4. The second-order valence-corrected chi connectivity index (χ2v) is 7.78. The van der Waals surface area contributed by atoms with Gasteiger partial charge in [0.15, 0.2) is 0 Å². The van der Waals surface area contributed by atoms with Gasteiger partial charge in [0.1, 0.15) is 12.7 Å². The molecule has 0 fully saturated rings. The smallest absolute Gasteiger partial charge is 0.336 e. The van der Waals surface area contributed by atoms with Gasteiger partial charge in [-0.05, 0) is 24.3 Å². The highest BCUT2D eigenvalue weighted by Crippen LogP contribution is 2.42. The fourth-order valence-corrected chi connectivity index (χ4v) is 4.95. The number of aromatic carboxylic acids is 2. The van der Waals surface area contributed by atoms with Crippen LogP contribution in [-0.2, 0) is 0 Å². The molecule has 2 aromatic carbocycles. The Bertz CT molecular complexity index is 1150. The van der Waals surface area contributed by atoms with Crippen molar-refractivity contribution in [3.63, 3.8) is 0 Å². The zero-order chi connectivity index (χ0) is 19.7. The minimum atomic E-state index is -1.05. The minimum absolute atomic E-state index is 0.133. The van der Waals surface area contributed by atoms with Crippen LogP contribution in [0, 0.1) is 0 Å². The zero-order valence-corrected chi connectivity index (χ0v) is 15.6. The third-order valence-electron chi connectivity index (χ3n) is 3.96. The molecule has 0 radical (unpaired) electrons.